The van der Waals surface area contributed by atoms with Crippen molar-refractivity contribution in [1.82, 2.24) is 5.32 Å². The molecule has 0 radical (unpaired) electrons. The number of methoxy groups -OCH3 is 1. The molecule has 21 heavy (non-hydrogen) atoms. The second-order valence-electron chi connectivity index (χ2n) is 5.31. The van der Waals surface area contributed by atoms with E-state index in [1.54, 1.807) is 7.11 Å². The van der Waals surface area contributed by atoms with Crippen LogP contribution in [-0.2, 0) is 10.9 Å². The molecule has 1 N–H and O–H groups in total. The fraction of sp³-hybridized carbons (Fsp3) is 0.600. The van der Waals surface area contributed by atoms with Crippen LogP contribution in [-0.4, -0.2) is 19.8 Å². The Morgan fingerprint density at radius 3 is 2.43 bits per heavy atom. The van der Waals surface area contributed by atoms with Crippen LogP contribution >= 0.6 is 0 Å². The van der Waals surface area contributed by atoms with Gasteiger partial charge in [-0.1, -0.05) is 13.0 Å². The molecule has 118 valence electrons. The Labute approximate surface area is 121 Å². The van der Waals surface area contributed by atoms with Gasteiger partial charge in [0.25, 0.3) is 0 Å². The molecule has 1 aliphatic carbocycles. The number of ether oxygens (including phenoxy) is 1. The summed E-state index contributed by atoms with van der Waals surface area (Å²) < 4.78 is 57.1. The van der Waals surface area contributed by atoms with Crippen molar-refractivity contribution in [3.63, 3.8) is 0 Å². The lowest BCUT2D eigenvalue weighted by atomic mass is 9.96. The molecule has 1 aromatic rings. The number of rotatable bonds is 6. The van der Waals surface area contributed by atoms with Crippen LogP contribution in [0.4, 0.5) is 17.6 Å². The maximum atomic E-state index is 13.7. The van der Waals surface area contributed by atoms with Gasteiger partial charge in [0.05, 0.1) is 17.7 Å². The van der Waals surface area contributed by atoms with Gasteiger partial charge in [-0.3, -0.25) is 0 Å². The van der Waals surface area contributed by atoms with Crippen molar-refractivity contribution in [3.8, 4) is 0 Å². The first-order valence-corrected chi connectivity index (χ1v) is 7.01. The highest BCUT2D eigenvalue weighted by Gasteiger charge is 2.38. The maximum Gasteiger partial charge on any atom is 0.419 e. The summed E-state index contributed by atoms with van der Waals surface area (Å²) in [6.07, 6.45) is -2.76. The Bertz CT molecular complexity index is 485. The summed E-state index contributed by atoms with van der Waals surface area (Å²) >= 11 is 0. The maximum absolute atomic E-state index is 13.7. The van der Waals surface area contributed by atoms with E-state index in [9.17, 15) is 17.6 Å². The summed E-state index contributed by atoms with van der Waals surface area (Å²) in [5.41, 5.74) is -0.747. The van der Waals surface area contributed by atoms with Crippen molar-refractivity contribution in [3.05, 3.63) is 35.1 Å². The van der Waals surface area contributed by atoms with Gasteiger partial charge in [-0.25, -0.2) is 4.39 Å². The van der Waals surface area contributed by atoms with Gasteiger partial charge in [0.1, 0.15) is 5.82 Å². The number of nitrogens with one attached hydrogen (secondary N) is 1. The summed E-state index contributed by atoms with van der Waals surface area (Å²) in [6, 6.07) is 2.79. The van der Waals surface area contributed by atoms with Crippen LogP contribution in [0.2, 0.25) is 0 Å². The number of hydrogen-bond donors (Lipinski definition) is 1. The quantitative estimate of drug-likeness (QED) is 0.804. The van der Waals surface area contributed by atoms with Gasteiger partial charge in [0.15, 0.2) is 0 Å². The standard InChI is InChI=1S/C15H19F4NO/c1-3-20-13(14(21-2)9-4-5-9)10-6-7-11(12(16)8-10)15(17,18)19/h6-9,13-14,20H,3-5H2,1-2H3. The Kier molecular flexibility index (Phi) is 4.88. The van der Waals surface area contributed by atoms with E-state index in [4.69, 9.17) is 4.74 Å². The Morgan fingerprint density at radius 1 is 1.33 bits per heavy atom. The van der Waals surface area contributed by atoms with Crippen LogP contribution in [0, 0.1) is 11.7 Å². The molecule has 0 aromatic heterocycles. The minimum Gasteiger partial charge on any atom is -0.379 e. The zero-order valence-corrected chi connectivity index (χ0v) is 12.0. The highest BCUT2D eigenvalue weighted by atomic mass is 19.4. The molecule has 1 fully saturated rings. The van der Waals surface area contributed by atoms with Crippen LogP contribution in [0.5, 0.6) is 0 Å². The molecule has 2 rings (SSSR count). The van der Waals surface area contributed by atoms with E-state index < -0.39 is 17.6 Å². The highest BCUT2D eigenvalue weighted by molar-refractivity contribution is 5.29. The van der Waals surface area contributed by atoms with Crippen LogP contribution in [0.15, 0.2) is 18.2 Å². The lowest BCUT2D eigenvalue weighted by Crippen LogP contribution is -2.34. The fourth-order valence-electron chi connectivity index (χ4n) is 2.62. The van der Waals surface area contributed by atoms with Crippen molar-refractivity contribution in [1.29, 1.82) is 0 Å². The smallest absolute Gasteiger partial charge is 0.379 e. The average molecular weight is 305 g/mol. The molecule has 2 unspecified atom stereocenters. The van der Waals surface area contributed by atoms with Crippen LogP contribution in [0.25, 0.3) is 0 Å². The van der Waals surface area contributed by atoms with Gasteiger partial charge in [-0.15, -0.1) is 0 Å². The summed E-state index contributed by atoms with van der Waals surface area (Å²) in [6.45, 7) is 2.52. The van der Waals surface area contributed by atoms with E-state index in [1.165, 1.54) is 6.07 Å². The molecule has 6 heteroatoms. The average Bonchev–Trinajstić information content (AvgIpc) is 3.21. The summed E-state index contributed by atoms with van der Waals surface area (Å²) in [5.74, 6) is -0.863. The van der Waals surface area contributed by atoms with E-state index in [1.807, 2.05) is 6.92 Å². The Hall–Kier alpha value is -1.14. The van der Waals surface area contributed by atoms with Crippen LogP contribution in [0.3, 0.4) is 0 Å². The first-order chi connectivity index (χ1) is 9.88. The van der Waals surface area contributed by atoms with Gasteiger partial charge >= 0.3 is 6.18 Å². The largest absolute Gasteiger partial charge is 0.419 e. The van der Waals surface area contributed by atoms with Gasteiger partial charge in [0.2, 0.25) is 0 Å². The monoisotopic (exact) mass is 305 g/mol. The third-order valence-electron chi connectivity index (χ3n) is 3.77. The lowest BCUT2D eigenvalue weighted by molar-refractivity contribution is -0.140. The summed E-state index contributed by atoms with van der Waals surface area (Å²) in [4.78, 5) is 0. The van der Waals surface area contributed by atoms with Crippen LogP contribution in [0.1, 0.15) is 36.9 Å². The third-order valence-corrected chi connectivity index (χ3v) is 3.77. The number of likely N-dealkylation sites (N-methyl/N-ethyl adjacent to an activating group) is 1. The van der Waals surface area contributed by atoms with Crippen molar-refractivity contribution in [2.75, 3.05) is 13.7 Å². The number of benzene rings is 1. The topological polar surface area (TPSA) is 21.3 Å². The fourth-order valence-corrected chi connectivity index (χ4v) is 2.62. The molecule has 1 aromatic carbocycles. The third kappa shape index (κ3) is 3.74. The molecule has 0 spiro atoms. The normalized spacial score (nSPS) is 18.6. The molecule has 0 amide bonds. The molecule has 2 atom stereocenters. The molecule has 1 saturated carbocycles. The van der Waals surface area contributed by atoms with Gasteiger partial charge in [0, 0.05) is 7.11 Å². The first-order valence-electron chi connectivity index (χ1n) is 7.01. The molecule has 0 aliphatic heterocycles. The molecular weight excluding hydrogens is 286 g/mol. The second-order valence-corrected chi connectivity index (χ2v) is 5.31. The van der Waals surface area contributed by atoms with E-state index in [2.05, 4.69) is 5.32 Å². The highest BCUT2D eigenvalue weighted by Crippen LogP contribution is 2.40. The summed E-state index contributed by atoms with van der Waals surface area (Å²) in [5, 5.41) is 3.18. The summed E-state index contributed by atoms with van der Waals surface area (Å²) in [7, 11) is 1.58. The van der Waals surface area contributed by atoms with Crippen molar-refractivity contribution >= 4 is 0 Å². The zero-order chi connectivity index (χ0) is 15.6. The van der Waals surface area contributed by atoms with E-state index in [0.29, 0.717) is 18.0 Å². The SMILES string of the molecule is CCNC(c1ccc(C(F)(F)F)c(F)c1)C(OC)C1CC1. The van der Waals surface area contributed by atoms with E-state index in [-0.39, 0.29) is 12.1 Å². The van der Waals surface area contributed by atoms with Gasteiger partial charge in [-0.05, 0) is 43.0 Å². The molecule has 1 aliphatic rings. The predicted octanol–water partition coefficient (Wildman–Crippen LogP) is 3.92. The number of halogens is 4. The molecular formula is C15H19F4NO. The van der Waals surface area contributed by atoms with E-state index >= 15 is 0 Å². The predicted molar refractivity (Wildman–Crippen MR) is 71.3 cm³/mol. The first kappa shape index (κ1) is 16.2. The van der Waals surface area contributed by atoms with E-state index in [0.717, 1.165) is 25.0 Å². The van der Waals surface area contributed by atoms with Crippen molar-refractivity contribution in [2.24, 2.45) is 5.92 Å². The molecule has 2 nitrogen and oxygen atoms in total. The van der Waals surface area contributed by atoms with Crippen LogP contribution < -0.4 is 5.32 Å². The Balaban J connectivity index is 2.30. The molecule has 0 bridgehead atoms. The molecule has 0 saturated heterocycles. The van der Waals surface area contributed by atoms with Crippen molar-refractivity contribution < 1.29 is 22.3 Å². The second kappa shape index (κ2) is 6.32. The number of hydrogen-bond acceptors (Lipinski definition) is 2. The Morgan fingerprint density at radius 2 is 2.00 bits per heavy atom. The van der Waals surface area contributed by atoms with Crippen molar-refractivity contribution in [2.45, 2.75) is 38.1 Å². The number of alkyl halides is 3. The minimum atomic E-state index is -4.67. The zero-order valence-electron chi connectivity index (χ0n) is 12.0. The lowest BCUT2D eigenvalue weighted by Gasteiger charge is -2.27. The minimum absolute atomic E-state index is 0.152. The molecule has 0 heterocycles. The van der Waals surface area contributed by atoms with Gasteiger partial charge < -0.3 is 10.1 Å². The van der Waals surface area contributed by atoms with Gasteiger partial charge in [-0.2, -0.15) is 13.2 Å².